The minimum absolute atomic E-state index is 0.430. The van der Waals surface area contributed by atoms with Crippen molar-refractivity contribution < 1.29 is 0 Å². The van der Waals surface area contributed by atoms with Crippen LogP contribution in [0.15, 0.2) is 35.3 Å². The van der Waals surface area contributed by atoms with E-state index in [1.54, 1.807) is 0 Å². The Morgan fingerprint density at radius 3 is 2.69 bits per heavy atom. The summed E-state index contributed by atoms with van der Waals surface area (Å²) < 4.78 is 0. The number of hydrogen-bond donors (Lipinski definition) is 2. The predicted molar refractivity (Wildman–Crippen MR) is 109 cm³/mol. The molecule has 3 rings (SSSR count). The van der Waals surface area contributed by atoms with Crippen LogP contribution >= 0.6 is 0 Å². The molecular weight excluding hydrogens is 322 g/mol. The molecule has 1 aromatic rings. The fourth-order valence-electron chi connectivity index (χ4n) is 3.89. The van der Waals surface area contributed by atoms with Gasteiger partial charge < -0.3 is 10.6 Å². The zero-order valence-corrected chi connectivity index (χ0v) is 16.8. The van der Waals surface area contributed by atoms with Gasteiger partial charge in [0, 0.05) is 50.8 Å². The Morgan fingerprint density at radius 1 is 1.31 bits per heavy atom. The molecule has 5 heteroatoms. The minimum Gasteiger partial charge on any atom is -0.355 e. The zero-order valence-electron chi connectivity index (χ0n) is 16.8. The quantitative estimate of drug-likeness (QED) is 0.580. The van der Waals surface area contributed by atoms with Crippen molar-refractivity contribution in [2.45, 2.75) is 63.8 Å². The summed E-state index contributed by atoms with van der Waals surface area (Å²) in [7, 11) is 4.05. The first-order chi connectivity index (χ1) is 12.6. The van der Waals surface area contributed by atoms with Gasteiger partial charge in [0.25, 0.3) is 0 Å². The van der Waals surface area contributed by atoms with Gasteiger partial charge in [-0.25, -0.2) is 0 Å². The Hall–Kier alpha value is -1.59. The van der Waals surface area contributed by atoms with Crippen molar-refractivity contribution in [1.82, 2.24) is 20.4 Å². The molecule has 2 N–H and O–H groups in total. The van der Waals surface area contributed by atoms with E-state index in [0.29, 0.717) is 18.1 Å². The normalized spacial score (nSPS) is 25.5. The van der Waals surface area contributed by atoms with Crippen LogP contribution in [0, 0.1) is 0 Å². The maximum absolute atomic E-state index is 4.43. The number of likely N-dealkylation sites (tertiary alicyclic amines) is 1. The van der Waals surface area contributed by atoms with E-state index in [1.165, 1.54) is 24.8 Å². The molecule has 5 nitrogen and oxygen atoms in total. The molecule has 144 valence electrons. The van der Waals surface area contributed by atoms with E-state index in [4.69, 9.17) is 0 Å². The van der Waals surface area contributed by atoms with Crippen LogP contribution in [0.1, 0.15) is 38.7 Å². The summed E-state index contributed by atoms with van der Waals surface area (Å²) in [6, 6.07) is 13.1. The van der Waals surface area contributed by atoms with Crippen LogP contribution in [0.4, 0.5) is 0 Å². The fraction of sp³-hybridized carbons (Fsp3) is 0.667. The second-order valence-corrected chi connectivity index (χ2v) is 8.06. The molecule has 1 aromatic carbocycles. The number of rotatable bonds is 7. The molecule has 2 fully saturated rings. The van der Waals surface area contributed by atoms with Gasteiger partial charge >= 0.3 is 0 Å². The van der Waals surface area contributed by atoms with Crippen LogP contribution in [0.25, 0.3) is 0 Å². The highest BCUT2D eigenvalue weighted by molar-refractivity contribution is 5.80. The van der Waals surface area contributed by atoms with Crippen LogP contribution in [0.5, 0.6) is 0 Å². The average Bonchev–Trinajstić information content (AvgIpc) is 3.42. The molecule has 1 saturated carbocycles. The first-order valence-corrected chi connectivity index (χ1v) is 10.0. The molecule has 26 heavy (non-hydrogen) atoms. The maximum atomic E-state index is 4.43. The summed E-state index contributed by atoms with van der Waals surface area (Å²) >= 11 is 0. The lowest BCUT2D eigenvalue weighted by Crippen LogP contribution is -2.48. The molecule has 0 radical (unpaired) electrons. The highest BCUT2D eigenvalue weighted by Crippen LogP contribution is 2.33. The first-order valence-electron chi connectivity index (χ1n) is 10.0. The number of hydrogen-bond acceptors (Lipinski definition) is 3. The Kier molecular flexibility index (Phi) is 6.54. The summed E-state index contributed by atoms with van der Waals surface area (Å²) in [4.78, 5) is 9.48. The Bertz CT molecular complexity index is 583. The first kappa shape index (κ1) is 19.2. The van der Waals surface area contributed by atoms with Crippen molar-refractivity contribution in [3.63, 3.8) is 0 Å². The smallest absolute Gasteiger partial charge is 0.191 e. The van der Waals surface area contributed by atoms with Gasteiger partial charge in [-0.2, -0.15) is 0 Å². The fourth-order valence-corrected chi connectivity index (χ4v) is 3.89. The summed E-state index contributed by atoms with van der Waals surface area (Å²) in [5, 5.41) is 7.15. The second-order valence-electron chi connectivity index (χ2n) is 8.06. The molecular formula is C21H35N5. The van der Waals surface area contributed by atoms with E-state index in [-0.39, 0.29) is 0 Å². The Labute approximate surface area is 158 Å². The molecule has 0 aromatic heterocycles. The highest BCUT2D eigenvalue weighted by Gasteiger charge is 2.38. The van der Waals surface area contributed by atoms with Gasteiger partial charge in [-0.15, -0.1) is 0 Å². The van der Waals surface area contributed by atoms with E-state index >= 15 is 0 Å². The summed E-state index contributed by atoms with van der Waals surface area (Å²) in [5.74, 6) is 0.930. The number of aliphatic imine (C=N–C) groups is 1. The van der Waals surface area contributed by atoms with Crippen molar-refractivity contribution >= 4 is 5.96 Å². The molecule has 0 bridgehead atoms. The standard InChI is InChI=1S/C21H35N5/c1-16-12-19(15-26(16)20-10-11-20)24-21(22-3)23-13-17(2)25(4)14-18-8-6-5-7-9-18/h5-9,16-17,19-20H,10-15H2,1-4H3,(H2,22,23,24). The van der Waals surface area contributed by atoms with Gasteiger partial charge in [-0.1, -0.05) is 30.3 Å². The van der Waals surface area contributed by atoms with Crippen LogP contribution in [-0.4, -0.2) is 67.1 Å². The van der Waals surface area contributed by atoms with Crippen LogP contribution in [-0.2, 0) is 6.54 Å². The van der Waals surface area contributed by atoms with E-state index < -0.39 is 0 Å². The minimum atomic E-state index is 0.430. The van der Waals surface area contributed by atoms with Crippen molar-refractivity contribution in [3.8, 4) is 0 Å². The highest BCUT2D eigenvalue weighted by atomic mass is 15.3. The lowest BCUT2D eigenvalue weighted by molar-refractivity contribution is 0.248. The summed E-state index contributed by atoms with van der Waals surface area (Å²) in [6.45, 7) is 7.62. The van der Waals surface area contributed by atoms with Crippen molar-refractivity contribution in [2.75, 3.05) is 27.2 Å². The van der Waals surface area contributed by atoms with Gasteiger partial charge in [0.15, 0.2) is 5.96 Å². The average molecular weight is 358 g/mol. The predicted octanol–water partition coefficient (Wildman–Crippen LogP) is 2.30. The number of nitrogens with zero attached hydrogens (tertiary/aromatic N) is 3. The van der Waals surface area contributed by atoms with Gasteiger partial charge in [0.05, 0.1) is 0 Å². The van der Waals surface area contributed by atoms with Crippen molar-refractivity contribution in [3.05, 3.63) is 35.9 Å². The number of guanidine groups is 1. The van der Waals surface area contributed by atoms with Gasteiger partial charge in [0.2, 0.25) is 0 Å². The maximum Gasteiger partial charge on any atom is 0.191 e. The molecule has 2 aliphatic rings. The van der Waals surface area contributed by atoms with Crippen molar-refractivity contribution in [1.29, 1.82) is 0 Å². The molecule has 3 atom stereocenters. The number of likely N-dealkylation sites (N-methyl/N-ethyl adjacent to an activating group) is 1. The zero-order chi connectivity index (χ0) is 18.5. The van der Waals surface area contributed by atoms with Gasteiger partial charge in [-0.3, -0.25) is 14.8 Å². The monoisotopic (exact) mass is 357 g/mol. The SMILES string of the molecule is CN=C(NCC(C)N(C)Cc1ccccc1)NC1CC(C)N(C2CC2)C1. The van der Waals surface area contributed by atoms with E-state index in [0.717, 1.165) is 31.6 Å². The van der Waals surface area contributed by atoms with Crippen molar-refractivity contribution in [2.24, 2.45) is 4.99 Å². The summed E-state index contributed by atoms with van der Waals surface area (Å²) in [6.07, 6.45) is 3.98. The number of benzene rings is 1. The third-order valence-electron chi connectivity index (χ3n) is 5.80. The second kappa shape index (κ2) is 8.87. The number of nitrogens with one attached hydrogen (secondary N) is 2. The molecule has 1 saturated heterocycles. The third-order valence-corrected chi connectivity index (χ3v) is 5.80. The Balaban J connectivity index is 1.42. The van der Waals surface area contributed by atoms with Gasteiger partial charge in [0.1, 0.15) is 0 Å². The van der Waals surface area contributed by atoms with Crippen LogP contribution in [0.3, 0.4) is 0 Å². The van der Waals surface area contributed by atoms with Crippen LogP contribution < -0.4 is 10.6 Å². The largest absolute Gasteiger partial charge is 0.355 e. The molecule has 0 amide bonds. The van der Waals surface area contributed by atoms with Gasteiger partial charge in [-0.05, 0) is 45.7 Å². The molecule has 1 aliphatic heterocycles. The summed E-state index contributed by atoms with van der Waals surface area (Å²) in [5.41, 5.74) is 1.35. The van der Waals surface area contributed by atoms with E-state index in [2.05, 4.69) is 76.7 Å². The van der Waals surface area contributed by atoms with Crippen LogP contribution in [0.2, 0.25) is 0 Å². The lowest BCUT2D eigenvalue weighted by atomic mass is 10.2. The van der Waals surface area contributed by atoms with E-state index in [1.807, 2.05) is 7.05 Å². The van der Waals surface area contributed by atoms with E-state index in [9.17, 15) is 0 Å². The molecule has 1 heterocycles. The molecule has 1 aliphatic carbocycles. The molecule has 0 spiro atoms. The lowest BCUT2D eigenvalue weighted by Gasteiger charge is -2.26. The topological polar surface area (TPSA) is 42.9 Å². The Morgan fingerprint density at radius 2 is 2.04 bits per heavy atom. The molecule has 3 unspecified atom stereocenters. The third kappa shape index (κ3) is 5.21.